The molecule has 0 radical (unpaired) electrons. The number of carbonyl (C=O) groups excluding carboxylic acids is 2. The lowest BCUT2D eigenvalue weighted by atomic mass is 10.2. The van der Waals surface area contributed by atoms with Gasteiger partial charge in [0, 0.05) is 16.6 Å². The monoisotopic (exact) mass is 328 g/mol. The van der Waals surface area contributed by atoms with E-state index in [9.17, 15) is 14.4 Å². The molecule has 0 bridgehead atoms. The molecule has 0 saturated heterocycles. The van der Waals surface area contributed by atoms with Crippen LogP contribution in [0.1, 0.15) is 18.4 Å². The second-order valence-corrected chi connectivity index (χ2v) is 4.83. The third kappa shape index (κ3) is 6.01. The average molecular weight is 329 g/mol. The number of nitrogens with one attached hydrogen (secondary N) is 2. The molecule has 0 fully saturated rings. The molecule has 0 aromatic heterocycles. The minimum Gasteiger partial charge on any atom is -0.481 e. The number of benzene rings is 1. The highest BCUT2D eigenvalue weighted by atomic mass is 79.9. The van der Waals surface area contributed by atoms with Crippen molar-refractivity contribution < 1.29 is 19.5 Å². The summed E-state index contributed by atoms with van der Waals surface area (Å²) in [7, 11) is 0. The van der Waals surface area contributed by atoms with E-state index in [0.29, 0.717) is 5.69 Å². The number of anilines is 1. The van der Waals surface area contributed by atoms with Crippen LogP contribution in [0.15, 0.2) is 22.7 Å². The molecule has 0 saturated carbocycles. The zero-order valence-corrected chi connectivity index (χ0v) is 11.8. The van der Waals surface area contributed by atoms with Crippen LogP contribution in [0.4, 0.5) is 10.5 Å². The Bertz CT molecular complexity index is 496. The van der Waals surface area contributed by atoms with E-state index >= 15 is 0 Å². The highest BCUT2D eigenvalue weighted by molar-refractivity contribution is 9.10. The summed E-state index contributed by atoms with van der Waals surface area (Å²) in [6, 6.07) is 4.62. The number of carboxylic acid groups (broad SMARTS) is 1. The number of aliphatic carboxylic acids is 1. The molecule has 3 N–H and O–H groups in total. The number of urea groups is 1. The summed E-state index contributed by atoms with van der Waals surface area (Å²) in [5.74, 6) is -1.72. The average Bonchev–Trinajstić information content (AvgIpc) is 2.24. The molecular formula is C12H13BrN2O4. The van der Waals surface area contributed by atoms with Crippen molar-refractivity contribution in [1.29, 1.82) is 0 Å². The minimum atomic E-state index is -1.09. The standard InChI is InChI=1S/C12H13BrN2O4/c1-7-4-8(13)6-9(5-7)14-12(19)15-10(16)2-3-11(17)18/h4-6H,2-3H2,1H3,(H,17,18)(H2,14,15,16,19). The van der Waals surface area contributed by atoms with Crippen molar-refractivity contribution >= 4 is 39.5 Å². The lowest BCUT2D eigenvalue weighted by Gasteiger charge is -2.07. The predicted molar refractivity (Wildman–Crippen MR) is 72.9 cm³/mol. The van der Waals surface area contributed by atoms with Gasteiger partial charge >= 0.3 is 12.0 Å². The van der Waals surface area contributed by atoms with Gasteiger partial charge in [-0.3, -0.25) is 14.9 Å². The third-order valence-corrected chi connectivity index (χ3v) is 2.58. The number of amides is 3. The number of carbonyl (C=O) groups is 3. The molecule has 7 heteroatoms. The summed E-state index contributed by atoms with van der Waals surface area (Å²) in [5, 5.41) is 13.0. The van der Waals surface area contributed by atoms with E-state index in [1.165, 1.54) is 0 Å². The smallest absolute Gasteiger partial charge is 0.325 e. The zero-order chi connectivity index (χ0) is 14.4. The molecule has 19 heavy (non-hydrogen) atoms. The first kappa shape index (κ1) is 15.2. The van der Waals surface area contributed by atoms with Crippen molar-refractivity contribution in [1.82, 2.24) is 5.32 Å². The number of aryl methyl sites for hydroxylation is 1. The van der Waals surface area contributed by atoms with Crippen molar-refractivity contribution in [3.63, 3.8) is 0 Å². The van der Waals surface area contributed by atoms with Crippen LogP contribution in [0.5, 0.6) is 0 Å². The lowest BCUT2D eigenvalue weighted by molar-refractivity contribution is -0.138. The molecule has 0 aliphatic heterocycles. The third-order valence-electron chi connectivity index (χ3n) is 2.12. The van der Waals surface area contributed by atoms with Gasteiger partial charge in [0.25, 0.3) is 0 Å². The number of hydrogen-bond donors (Lipinski definition) is 3. The first-order valence-corrected chi connectivity index (χ1v) is 6.26. The highest BCUT2D eigenvalue weighted by Gasteiger charge is 2.10. The Morgan fingerprint density at radius 2 is 1.89 bits per heavy atom. The molecule has 0 heterocycles. The SMILES string of the molecule is Cc1cc(Br)cc(NC(=O)NC(=O)CCC(=O)O)c1. The van der Waals surface area contributed by atoms with E-state index in [0.717, 1.165) is 10.0 Å². The van der Waals surface area contributed by atoms with Gasteiger partial charge in [-0.25, -0.2) is 4.79 Å². The molecule has 102 valence electrons. The molecule has 0 atom stereocenters. The van der Waals surface area contributed by atoms with Crippen LogP contribution in [-0.2, 0) is 9.59 Å². The molecule has 6 nitrogen and oxygen atoms in total. The number of imide groups is 1. The molecule has 1 aromatic carbocycles. The first-order valence-electron chi connectivity index (χ1n) is 5.46. The van der Waals surface area contributed by atoms with Crippen LogP contribution in [0, 0.1) is 6.92 Å². The van der Waals surface area contributed by atoms with Crippen LogP contribution >= 0.6 is 15.9 Å². The summed E-state index contributed by atoms with van der Waals surface area (Å²) in [5.41, 5.74) is 1.48. The number of carboxylic acids is 1. The van der Waals surface area contributed by atoms with Crippen molar-refractivity contribution in [2.75, 3.05) is 5.32 Å². The number of rotatable bonds is 4. The normalized spacial score (nSPS) is 9.79. The fourth-order valence-electron chi connectivity index (χ4n) is 1.38. The van der Waals surface area contributed by atoms with E-state index in [1.807, 2.05) is 13.0 Å². The largest absolute Gasteiger partial charge is 0.481 e. The van der Waals surface area contributed by atoms with Gasteiger partial charge in [0.2, 0.25) is 5.91 Å². The van der Waals surface area contributed by atoms with Gasteiger partial charge < -0.3 is 10.4 Å². The van der Waals surface area contributed by atoms with Gasteiger partial charge in [-0.2, -0.15) is 0 Å². The van der Waals surface area contributed by atoms with Crippen molar-refractivity contribution in [2.45, 2.75) is 19.8 Å². The van der Waals surface area contributed by atoms with Crippen molar-refractivity contribution in [3.05, 3.63) is 28.2 Å². The Hall–Kier alpha value is -1.89. The van der Waals surface area contributed by atoms with E-state index in [1.54, 1.807) is 12.1 Å². The van der Waals surface area contributed by atoms with E-state index < -0.39 is 17.9 Å². The Morgan fingerprint density at radius 1 is 1.21 bits per heavy atom. The lowest BCUT2D eigenvalue weighted by Crippen LogP contribution is -2.34. The molecule has 1 aromatic rings. The van der Waals surface area contributed by atoms with E-state index in [4.69, 9.17) is 5.11 Å². The maximum absolute atomic E-state index is 11.5. The van der Waals surface area contributed by atoms with Crippen LogP contribution < -0.4 is 10.6 Å². The number of halogens is 1. The minimum absolute atomic E-state index is 0.236. The van der Waals surface area contributed by atoms with Crippen LogP contribution in [0.3, 0.4) is 0 Å². The highest BCUT2D eigenvalue weighted by Crippen LogP contribution is 2.18. The Balaban J connectivity index is 2.51. The van der Waals surface area contributed by atoms with Crippen molar-refractivity contribution in [2.24, 2.45) is 0 Å². The molecule has 0 unspecified atom stereocenters. The fraction of sp³-hybridized carbons (Fsp3) is 0.250. The van der Waals surface area contributed by atoms with Crippen LogP contribution in [0.2, 0.25) is 0 Å². The fourth-order valence-corrected chi connectivity index (χ4v) is 1.99. The maximum atomic E-state index is 11.5. The van der Waals surface area contributed by atoms with Gasteiger partial charge in [0.15, 0.2) is 0 Å². The summed E-state index contributed by atoms with van der Waals surface area (Å²) < 4.78 is 0.806. The molecule has 1 rings (SSSR count). The van der Waals surface area contributed by atoms with Gasteiger partial charge in [0.05, 0.1) is 6.42 Å². The second kappa shape index (κ2) is 6.89. The predicted octanol–water partition coefficient (Wildman–Crippen LogP) is 2.27. The quantitative estimate of drug-likeness (QED) is 0.790. The van der Waals surface area contributed by atoms with E-state index in [2.05, 4.69) is 26.6 Å². The van der Waals surface area contributed by atoms with Gasteiger partial charge in [0.1, 0.15) is 0 Å². The second-order valence-electron chi connectivity index (χ2n) is 3.91. The molecular weight excluding hydrogens is 316 g/mol. The van der Waals surface area contributed by atoms with E-state index in [-0.39, 0.29) is 12.8 Å². The molecule has 0 spiro atoms. The molecule has 0 aliphatic rings. The zero-order valence-electron chi connectivity index (χ0n) is 10.2. The Kier molecular flexibility index (Phi) is 5.50. The molecule has 0 aliphatic carbocycles. The van der Waals surface area contributed by atoms with Crippen LogP contribution in [0.25, 0.3) is 0 Å². The van der Waals surface area contributed by atoms with Crippen LogP contribution in [-0.4, -0.2) is 23.0 Å². The Labute approximate surface area is 118 Å². The molecule has 3 amide bonds. The maximum Gasteiger partial charge on any atom is 0.325 e. The summed E-state index contributed by atoms with van der Waals surface area (Å²) in [6.07, 6.45) is -0.546. The summed E-state index contributed by atoms with van der Waals surface area (Å²) in [6.45, 7) is 1.87. The number of hydrogen-bond acceptors (Lipinski definition) is 3. The first-order chi connectivity index (χ1) is 8.86. The summed E-state index contributed by atoms with van der Waals surface area (Å²) >= 11 is 3.29. The van der Waals surface area contributed by atoms with Gasteiger partial charge in [-0.05, 0) is 30.7 Å². The Morgan fingerprint density at radius 3 is 2.47 bits per heavy atom. The topological polar surface area (TPSA) is 95.5 Å². The van der Waals surface area contributed by atoms with Crippen molar-refractivity contribution in [3.8, 4) is 0 Å². The van der Waals surface area contributed by atoms with Gasteiger partial charge in [-0.1, -0.05) is 15.9 Å². The van der Waals surface area contributed by atoms with Gasteiger partial charge in [-0.15, -0.1) is 0 Å². The summed E-state index contributed by atoms with van der Waals surface area (Å²) in [4.78, 5) is 33.0.